The van der Waals surface area contributed by atoms with Gasteiger partial charge in [0.1, 0.15) is 11.8 Å². The quantitative estimate of drug-likeness (QED) is 0.577. The van der Waals surface area contributed by atoms with E-state index in [1.165, 1.54) is 11.1 Å². The highest BCUT2D eigenvalue weighted by atomic mass is 16.7. The smallest absolute Gasteiger partial charge is 0.327 e. The van der Waals surface area contributed by atoms with Gasteiger partial charge < -0.3 is 24.2 Å². The van der Waals surface area contributed by atoms with Crippen LogP contribution >= 0.6 is 0 Å². The number of carboxylic acid groups (broad SMARTS) is 1. The van der Waals surface area contributed by atoms with E-state index in [9.17, 15) is 14.7 Å². The van der Waals surface area contributed by atoms with Gasteiger partial charge in [0.15, 0.2) is 6.79 Å². The molecule has 1 aliphatic rings. The summed E-state index contributed by atoms with van der Waals surface area (Å²) in [5.74, 6) is -1.11. The van der Waals surface area contributed by atoms with Crippen molar-refractivity contribution in [2.24, 2.45) is 0 Å². The number of benzene rings is 1. The summed E-state index contributed by atoms with van der Waals surface area (Å²) in [7, 11) is 1.57. The van der Waals surface area contributed by atoms with E-state index in [1.807, 2.05) is 0 Å². The Balaban J connectivity index is 2.05. The molecule has 7 heteroatoms. The van der Waals surface area contributed by atoms with E-state index in [0.717, 1.165) is 0 Å². The average Bonchev–Trinajstić information content (AvgIpc) is 3.04. The Bertz CT molecular complexity index is 586. The van der Waals surface area contributed by atoms with Gasteiger partial charge in [-0.25, -0.2) is 4.79 Å². The van der Waals surface area contributed by atoms with Crippen LogP contribution in [0.4, 0.5) is 0 Å². The van der Waals surface area contributed by atoms with Crippen LogP contribution in [-0.2, 0) is 14.3 Å². The first-order valence-corrected chi connectivity index (χ1v) is 7.15. The Labute approximate surface area is 134 Å². The van der Waals surface area contributed by atoms with Crippen molar-refractivity contribution in [1.82, 2.24) is 4.90 Å². The maximum absolute atomic E-state index is 12.6. The normalized spacial score (nSPS) is 16.6. The van der Waals surface area contributed by atoms with E-state index in [0.29, 0.717) is 30.9 Å². The highest BCUT2D eigenvalue weighted by molar-refractivity contribution is 6.00. The number of methoxy groups -OCH3 is 1. The zero-order chi connectivity index (χ0) is 16.7. The number of rotatable bonds is 8. The predicted octanol–water partition coefficient (Wildman–Crippen LogP) is 1.50. The minimum absolute atomic E-state index is 0.0220. The topological polar surface area (TPSA) is 85.3 Å². The molecule has 7 nitrogen and oxygen atoms in total. The van der Waals surface area contributed by atoms with Crippen molar-refractivity contribution < 1.29 is 28.9 Å². The Morgan fingerprint density at radius 3 is 2.83 bits per heavy atom. The fourth-order valence-electron chi connectivity index (χ4n) is 2.16. The standard InChI is InChI=1S/C16H19NO6/c1-21-9-10-22-11-23-14-7-3-2-5-12(14)15(18)17-8-4-6-13(17)16(19)20/h2-5,7-8,13H,6,9-11H2,1H3,(H,19,20)/t13-/m0/s1. The van der Waals surface area contributed by atoms with Crippen LogP contribution in [0.2, 0.25) is 0 Å². The molecule has 0 fully saturated rings. The number of nitrogens with zero attached hydrogens (tertiary/aromatic N) is 1. The lowest BCUT2D eigenvalue weighted by atomic mass is 10.1. The second-order valence-electron chi connectivity index (χ2n) is 4.85. The molecule has 1 N–H and O–H groups in total. The van der Waals surface area contributed by atoms with Crippen molar-refractivity contribution in [2.75, 3.05) is 27.1 Å². The summed E-state index contributed by atoms with van der Waals surface area (Å²) in [6.45, 7) is 0.803. The molecule has 0 saturated heterocycles. The number of aliphatic carboxylic acids is 1. The van der Waals surface area contributed by atoms with Crippen LogP contribution in [0.3, 0.4) is 0 Å². The molecule has 0 aromatic heterocycles. The molecule has 124 valence electrons. The van der Waals surface area contributed by atoms with Crippen molar-refractivity contribution >= 4 is 11.9 Å². The number of carbonyl (C=O) groups excluding carboxylic acids is 1. The van der Waals surface area contributed by atoms with Gasteiger partial charge in [0, 0.05) is 13.3 Å². The first-order chi connectivity index (χ1) is 11.1. The average molecular weight is 321 g/mol. The van der Waals surface area contributed by atoms with Crippen molar-refractivity contribution in [3.05, 3.63) is 42.1 Å². The van der Waals surface area contributed by atoms with Gasteiger partial charge in [-0.1, -0.05) is 18.2 Å². The van der Waals surface area contributed by atoms with Crippen LogP contribution in [0.1, 0.15) is 16.8 Å². The van der Waals surface area contributed by atoms with Gasteiger partial charge in [-0.15, -0.1) is 0 Å². The largest absolute Gasteiger partial charge is 0.480 e. The van der Waals surface area contributed by atoms with Crippen molar-refractivity contribution in [3.63, 3.8) is 0 Å². The van der Waals surface area contributed by atoms with E-state index in [1.54, 1.807) is 37.5 Å². The molecule has 0 bridgehead atoms. The second kappa shape index (κ2) is 8.30. The lowest BCUT2D eigenvalue weighted by molar-refractivity contribution is -0.141. The third-order valence-corrected chi connectivity index (χ3v) is 3.33. The Kier molecular flexibility index (Phi) is 6.13. The molecule has 1 aromatic rings. The lowest BCUT2D eigenvalue weighted by Crippen LogP contribution is -2.38. The summed E-state index contributed by atoms with van der Waals surface area (Å²) < 4.78 is 15.5. The highest BCUT2D eigenvalue weighted by Gasteiger charge is 2.32. The van der Waals surface area contributed by atoms with E-state index in [4.69, 9.17) is 14.2 Å². The van der Waals surface area contributed by atoms with Crippen molar-refractivity contribution in [2.45, 2.75) is 12.5 Å². The van der Waals surface area contributed by atoms with Crippen LogP contribution < -0.4 is 4.74 Å². The molecule has 0 aliphatic carbocycles. The molecule has 23 heavy (non-hydrogen) atoms. The Morgan fingerprint density at radius 2 is 2.09 bits per heavy atom. The number of hydrogen-bond donors (Lipinski definition) is 1. The van der Waals surface area contributed by atoms with Crippen LogP contribution in [0.15, 0.2) is 36.5 Å². The van der Waals surface area contributed by atoms with E-state index in [-0.39, 0.29) is 6.79 Å². The Morgan fingerprint density at radius 1 is 1.30 bits per heavy atom. The molecule has 0 spiro atoms. The van der Waals surface area contributed by atoms with Crippen LogP contribution in [0.5, 0.6) is 5.75 Å². The first-order valence-electron chi connectivity index (χ1n) is 7.15. The lowest BCUT2D eigenvalue weighted by Gasteiger charge is -2.21. The number of ether oxygens (including phenoxy) is 3. The fraction of sp³-hybridized carbons (Fsp3) is 0.375. The van der Waals surface area contributed by atoms with Gasteiger partial charge in [-0.3, -0.25) is 4.79 Å². The SMILES string of the molecule is COCCOCOc1ccccc1C(=O)N1C=CC[C@H]1C(=O)O. The number of para-hydroxylation sites is 1. The Hall–Kier alpha value is -2.38. The molecule has 0 radical (unpaired) electrons. The molecule has 1 heterocycles. The predicted molar refractivity (Wildman–Crippen MR) is 81.1 cm³/mol. The molecule has 1 aromatic carbocycles. The molecule has 1 aliphatic heterocycles. The summed E-state index contributed by atoms with van der Waals surface area (Å²) in [6, 6.07) is 5.78. The minimum atomic E-state index is -1.04. The third-order valence-electron chi connectivity index (χ3n) is 3.33. The van der Waals surface area contributed by atoms with Gasteiger partial charge in [0.25, 0.3) is 5.91 Å². The van der Waals surface area contributed by atoms with Gasteiger partial charge >= 0.3 is 5.97 Å². The maximum Gasteiger partial charge on any atom is 0.327 e. The number of carbonyl (C=O) groups is 2. The van der Waals surface area contributed by atoms with Gasteiger partial charge in [-0.05, 0) is 18.6 Å². The highest BCUT2D eigenvalue weighted by Crippen LogP contribution is 2.24. The summed E-state index contributed by atoms with van der Waals surface area (Å²) in [4.78, 5) is 25.0. The summed E-state index contributed by atoms with van der Waals surface area (Å²) >= 11 is 0. The van der Waals surface area contributed by atoms with Crippen molar-refractivity contribution in [3.8, 4) is 5.75 Å². The third kappa shape index (κ3) is 4.30. The summed E-state index contributed by atoms with van der Waals surface area (Å²) in [5.41, 5.74) is 0.292. The fourth-order valence-corrected chi connectivity index (χ4v) is 2.16. The number of amides is 1. The zero-order valence-corrected chi connectivity index (χ0v) is 12.8. The summed E-state index contributed by atoms with van der Waals surface area (Å²) in [6.07, 6.45) is 3.45. The van der Waals surface area contributed by atoms with E-state index < -0.39 is 17.9 Å². The van der Waals surface area contributed by atoms with Crippen LogP contribution in [0, 0.1) is 0 Å². The molecule has 2 rings (SSSR count). The summed E-state index contributed by atoms with van der Waals surface area (Å²) in [5, 5.41) is 9.18. The van der Waals surface area contributed by atoms with E-state index >= 15 is 0 Å². The molecular formula is C16H19NO6. The van der Waals surface area contributed by atoms with E-state index in [2.05, 4.69) is 0 Å². The molecule has 1 amide bonds. The van der Waals surface area contributed by atoms with Gasteiger partial charge in [-0.2, -0.15) is 0 Å². The minimum Gasteiger partial charge on any atom is -0.480 e. The maximum atomic E-state index is 12.6. The van der Waals surface area contributed by atoms with Gasteiger partial charge in [0.05, 0.1) is 18.8 Å². The van der Waals surface area contributed by atoms with Crippen LogP contribution in [-0.4, -0.2) is 55.0 Å². The van der Waals surface area contributed by atoms with Gasteiger partial charge in [0.2, 0.25) is 0 Å². The van der Waals surface area contributed by atoms with Crippen LogP contribution in [0.25, 0.3) is 0 Å². The number of carboxylic acids is 1. The first kappa shape index (κ1) is 17.0. The monoisotopic (exact) mass is 321 g/mol. The van der Waals surface area contributed by atoms with Crippen molar-refractivity contribution in [1.29, 1.82) is 0 Å². The second-order valence-corrected chi connectivity index (χ2v) is 4.85. The molecular weight excluding hydrogens is 302 g/mol. The number of hydrogen-bond acceptors (Lipinski definition) is 5. The molecule has 1 atom stereocenters. The molecule has 0 saturated carbocycles. The molecule has 0 unspecified atom stereocenters. The zero-order valence-electron chi connectivity index (χ0n) is 12.8.